The summed E-state index contributed by atoms with van der Waals surface area (Å²) in [6, 6.07) is 7.94. The van der Waals surface area contributed by atoms with E-state index >= 15 is 0 Å². The van der Waals surface area contributed by atoms with Crippen molar-refractivity contribution < 1.29 is 38.2 Å². The summed E-state index contributed by atoms with van der Waals surface area (Å²) in [4.78, 5) is 4.26. The van der Waals surface area contributed by atoms with Crippen molar-refractivity contribution in [2.75, 3.05) is 5.73 Å². The Hall–Kier alpha value is -1.97. The topological polar surface area (TPSA) is 144 Å². The van der Waals surface area contributed by atoms with E-state index in [4.69, 9.17) is 29.1 Å². The Bertz CT molecular complexity index is 638. The molecule has 2 rings (SSSR count). The lowest BCUT2D eigenvalue weighted by atomic mass is 10.2. The summed E-state index contributed by atoms with van der Waals surface area (Å²) in [5, 5.41) is 0. The molecule has 23 heavy (non-hydrogen) atoms. The monoisotopic (exact) mass is 343 g/mol. The summed E-state index contributed by atoms with van der Waals surface area (Å²) in [7, 11) is -3.00. The Balaban J connectivity index is 0.000000463. The molecule has 0 saturated heterocycles. The summed E-state index contributed by atoms with van der Waals surface area (Å²) >= 11 is 0. The van der Waals surface area contributed by atoms with Gasteiger partial charge in [-0.1, -0.05) is 17.7 Å². The quantitative estimate of drug-likeness (QED) is 0.582. The number of anilines is 1. The molecule has 1 heterocycles. The molecular formula is C14H18ClN3O5. The number of nitrogen functional groups attached to an aromatic ring is 1. The lowest BCUT2D eigenvalue weighted by Gasteiger charge is -2.17. The fourth-order valence-electron chi connectivity index (χ4n) is 1.63. The zero-order valence-electron chi connectivity index (χ0n) is 13.0. The molecule has 0 atom stereocenters. The van der Waals surface area contributed by atoms with Crippen LogP contribution in [0.25, 0.3) is 0 Å². The zero-order valence-corrected chi connectivity index (χ0v) is 13.7. The van der Waals surface area contributed by atoms with E-state index in [-0.39, 0.29) is 0 Å². The molecule has 0 amide bonds. The molecule has 0 radical (unpaired) electrons. The maximum Gasteiger partial charge on any atom is 0.297 e. The van der Waals surface area contributed by atoms with Gasteiger partial charge in [0, 0.05) is 6.92 Å². The smallest absolute Gasteiger partial charge is 0.297 e. The third-order valence-electron chi connectivity index (χ3n) is 2.89. The van der Waals surface area contributed by atoms with Gasteiger partial charge >= 0.3 is 0 Å². The van der Waals surface area contributed by atoms with E-state index in [1.807, 2.05) is 55.9 Å². The molecule has 0 saturated carbocycles. The van der Waals surface area contributed by atoms with E-state index in [2.05, 4.69) is 4.98 Å². The van der Waals surface area contributed by atoms with E-state index in [0.717, 1.165) is 17.1 Å². The first kappa shape index (κ1) is 19.1. The van der Waals surface area contributed by atoms with Crippen LogP contribution in [-0.4, -0.2) is 4.98 Å². The number of nitrogens with zero attached hydrogens (tertiary/aromatic N) is 2. The third-order valence-corrected chi connectivity index (χ3v) is 2.89. The number of ether oxygens (including phenoxy) is 1. The van der Waals surface area contributed by atoms with Gasteiger partial charge in [-0.3, -0.25) is 0 Å². The van der Waals surface area contributed by atoms with Crippen LogP contribution in [0.4, 0.5) is 5.82 Å². The Labute approximate surface area is 136 Å². The molecule has 126 valence electrons. The van der Waals surface area contributed by atoms with Crippen molar-refractivity contribution in [2.45, 2.75) is 20.5 Å². The van der Waals surface area contributed by atoms with Gasteiger partial charge in [0.1, 0.15) is 18.6 Å². The number of benzene rings is 1. The summed E-state index contributed by atoms with van der Waals surface area (Å²) < 4.78 is 41.6. The van der Waals surface area contributed by atoms with Gasteiger partial charge in [0.05, 0.1) is 12.6 Å². The molecule has 2 N–H and O–H groups in total. The minimum atomic E-state index is -4.94. The van der Waals surface area contributed by atoms with Crippen LogP contribution >= 0.6 is 0 Å². The van der Waals surface area contributed by atoms with E-state index in [0.29, 0.717) is 12.4 Å². The summed E-state index contributed by atoms with van der Waals surface area (Å²) in [6.45, 7) is 4.39. The molecule has 0 bridgehead atoms. The lowest BCUT2D eigenvalue weighted by molar-refractivity contribution is -2.00. The average molecular weight is 344 g/mol. The van der Waals surface area contributed by atoms with Gasteiger partial charge in [-0.05, 0) is 24.0 Å². The van der Waals surface area contributed by atoms with Crippen molar-refractivity contribution in [3.05, 3.63) is 47.4 Å². The van der Waals surface area contributed by atoms with Crippen LogP contribution in [0.5, 0.6) is 5.75 Å². The largest absolute Gasteiger partial charge is 0.489 e. The van der Waals surface area contributed by atoms with E-state index in [1.54, 1.807) is 0 Å². The fourth-order valence-corrected chi connectivity index (χ4v) is 1.63. The first-order valence-corrected chi connectivity index (χ1v) is 7.72. The van der Waals surface area contributed by atoms with E-state index < -0.39 is 10.2 Å². The molecule has 0 aliphatic carbocycles. The maximum absolute atomic E-state index is 8.49. The van der Waals surface area contributed by atoms with Crippen LogP contribution in [0.15, 0.2) is 30.5 Å². The van der Waals surface area contributed by atoms with Gasteiger partial charge in [-0.2, -0.15) is 0 Å². The van der Waals surface area contributed by atoms with Gasteiger partial charge < -0.3 is 10.5 Å². The standard InChI is InChI=1S/C14H17N3O.ClHO4/c1-10-4-6-13(7-5-10)18-9-12-8-17(3)11(2)16-14(12)15;2-1(3,4)5/h4-8,15H,9H2,1-3H3;(H,2,3,4,5). The molecule has 0 fully saturated rings. The Morgan fingerprint density at radius 1 is 1.13 bits per heavy atom. The minimum absolute atomic E-state index is 0.427. The zero-order chi connectivity index (χ0) is 17.6. The highest BCUT2D eigenvalue weighted by Gasteiger charge is 2.12. The molecule has 0 aliphatic rings. The fraction of sp³-hybridized carbons (Fsp3) is 0.286. The highest BCUT2D eigenvalue weighted by atomic mass is 35.7. The second kappa shape index (κ2) is 8.04. The molecule has 8 nitrogen and oxygen atoms in total. The van der Waals surface area contributed by atoms with Gasteiger partial charge in [0.2, 0.25) is 5.82 Å². The summed E-state index contributed by atoms with van der Waals surface area (Å²) in [5.74, 6) is 2.24. The number of rotatable bonds is 3. The minimum Gasteiger partial charge on any atom is -0.489 e. The number of nitrogens with two attached hydrogens (primary N) is 1. The lowest BCUT2D eigenvalue weighted by Crippen LogP contribution is -2.68. The van der Waals surface area contributed by atoms with Crippen LogP contribution in [-0.2, 0) is 13.7 Å². The molecular weight excluding hydrogens is 326 g/mol. The van der Waals surface area contributed by atoms with Crippen LogP contribution in [0.2, 0.25) is 0 Å². The second-order valence-electron chi connectivity index (χ2n) is 4.79. The molecule has 1 aromatic heterocycles. The molecule has 0 unspecified atom stereocenters. The highest BCUT2D eigenvalue weighted by Crippen LogP contribution is 2.15. The number of hydrogen-bond donors (Lipinski definition) is 1. The van der Waals surface area contributed by atoms with Gasteiger partial charge in [-0.25, -0.2) is 23.2 Å². The van der Waals surface area contributed by atoms with Gasteiger partial charge in [0.25, 0.3) is 5.82 Å². The summed E-state index contributed by atoms with van der Waals surface area (Å²) in [6.07, 6.45) is 1.95. The molecule has 1 aromatic carbocycles. The predicted octanol–water partition coefficient (Wildman–Crippen LogP) is -3.07. The van der Waals surface area contributed by atoms with Crippen LogP contribution in [0, 0.1) is 24.1 Å². The van der Waals surface area contributed by atoms with Crippen molar-refractivity contribution in [3.63, 3.8) is 0 Å². The number of halogens is 1. The second-order valence-corrected chi connectivity index (χ2v) is 5.55. The third kappa shape index (κ3) is 7.73. The van der Waals surface area contributed by atoms with Crippen LogP contribution < -0.4 is 33.7 Å². The van der Waals surface area contributed by atoms with Crippen LogP contribution in [0.3, 0.4) is 0 Å². The first-order chi connectivity index (χ1) is 10.6. The van der Waals surface area contributed by atoms with Crippen LogP contribution in [0.1, 0.15) is 17.0 Å². The normalized spacial score (nSPS) is 10.7. The SMILES string of the molecule is Cc1ccc(OCc2c[n+](C)c(C)nc2N)cc1.[O-][Cl+3]([O-])([O-])[O-]. The van der Waals surface area contributed by atoms with E-state index in [1.165, 1.54) is 5.56 Å². The van der Waals surface area contributed by atoms with Crippen molar-refractivity contribution in [2.24, 2.45) is 7.05 Å². The maximum atomic E-state index is 8.49. The predicted molar refractivity (Wildman–Crippen MR) is 70.1 cm³/mol. The molecule has 9 heteroatoms. The van der Waals surface area contributed by atoms with E-state index in [9.17, 15) is 0 Å². The van der Waals surface area contributed by atoms with Crippen molar-refractivity contribution in [3.8, 4) is 5.75 Å². The van der Waals surface area contributed by atoms with Crippen molar-refractivity contribution in [1.29, 1.82) is 0 Å². The average Bonchev–Trinajstić information content (AvgIpc) is 2.41. The van der Waals surface area contributed by atoms with Crippen molar-refractivity contribution >= 4 is 5.82 Å². The Kier molecular flexibility index (Phi) is 6.67. The molecule has 2 aromatic rings. The first-order valence-electron chi connectivity index (χ1n) is 6.49. The van der Waals surface area contributed by atoms with Crippen molar-refractivity contribution in [1.82, 2.24) is 4.98 Å². The summed E-state index contributed by atoms with van der Waals surface area (Å²) in [5.41, 5.74) is 7.98. The Morgan fingerprint density at radius 3 is 2.17 bits per heavy atom. The Morgan fingerprint density at radius 2 is 1.65 bits per heavy atom. The molecule has 0 aliphatic heterocycles. The molecule has 0 spiro atoms. The highest BCUT2D eigenvalue weighted by molar-refractivity contribution is 5.36. The number of aryl methyl sites for hydroxylation is 3. The number of hydrogen-bond acceptors (Lipinski definition) is 7. The van der Waals surface area contributed by atoms with Gasteiger partial charge in [-0.15, -0.1) is 10.2 Å². The number of aromatic nitrogens is 2. The van der Waals surface area contributed by atoms with Gasteiger partial charge in [0.15, 0.2) is 0 Å².